The predicted octanol–water partition coefficient (Wildman–Crippen LogP) is 2.07. The number of ketones is 1. The van der Waals surface area contributed by atoms with Gasteiger partial charge in [-0.1, -0.05) is 18.6 Å². The van der Waals surface area contributed by atoms with Crippen LogP contribution in [0.1, 0.15) is 71.7 Å². The Kier molecular flexibility index (Phi) is 15.6. The molecule has 5 amide bonds. The van der Waals surface area contributed by atoms with E-state index in [1.165, 1.54) is 24.3 Å². The number of carbonyl (C=O) groups is 6. The van der Waals surface area contributed by atoms with Crippen molar-refractivity contribution in [1.29, 1.82) is 0 Å². The second-order valence-corrected chi connectivity index (χ2v) is 17.4. The van der Waals surface area contributed by atoms with Gasteiger partial charge in [-0.2, -0.15) is 0 Å². The number of benzene rings is 3. The summed E-state index contributed by atoms with van der Waals surface area (Å²) in [6.07, 6.45) is 2.21. The van der Waals surface area contributed by atoms with Gasteiger partial charge >= 0.3 is 0 Å². The zero-order chi connectivity index (χ0) is 46.9. The van der Waals surface area contributed by atoms with Crippen molar-refractivity contribution in [3.05, 3.63) is 71.0 Å². The van der Waals surface area contributed by atoms with Gasteiger partial charge in [-0.25, -0.2) is 4.39 Å². The van der Waals surface area contributed by atoms with Crippen LogP contribution in [0.3, 0.4) is 0 Å². The summed E-state index contributed by atoms with van der Waals surface area (Å²) < 4.78 is 28.0. The zero-order valence-corrected chi connectivity index (χ0v) is 37.5. The quantitative estimate of drug-likeness (QED) is 0.0963. The average Bonchev–Trinajstić information content (AvgIpc) is 3.29. The van der Waals surface area contributed by atoms with Crippen LogP contribution in [0.25, 0.3) is 0 Å². The molecule has 0 spiro atoms. The molecule has 354 valence electrons. The normalized spacial score (nSPS) is 21.5. The first-order valence-electron chi connectivity index (χ1n) is 22.7. The smallest absolute Gasteiger partial charge is 0.255 e. The van der Waals surface area contributed by atoms with Gasteiger partial charge in [0.25, 0.3) is 5.91 Å². The molecular formula is C47H60FN9O9. The first-order chi connectivity index (χ1) is 31.8. The van der Waals surface area contributed by atoms with Crippen molar-refractivity contribution >= 4 is 52.4 Å². The molecule has 0 radical (unpaired) electrons. The molecule has 0 aliphatic carbocycles. The number of hydrogen-bond donors (Lipinski definition) is 7. The topological polar surface area (TPSA) is 237 Å². The van der Waals surface area contributed by atoms with Crippen molar-refractivity contribution in [1.82, 2.24) is 26.2 Å². The molecule has 0 aromatic heterocycles. The van der Waals surface area contributed by atoms with Crippen LogP contribution in [0.4, 0.5) is 21.5 Å². The molecule has 1 saturated heterocycles. The number of unbranched alkanes of at least 4 members (excludes halogenated alkanes) is 2. The van der Waals surface area contributed by atoms with Gasteiger partial charge in [-0.3, -0.25) is 28.8 Å². The molecule has 4 atom stereocenters. The van der Waals surface area contributed by atoms with Crippen LogP contribution in [-0.2, 0) is 25.6 Å². The Morgan fingerprint density at radius 2 is 1.70 bits per heavy atom. The summed E-state index contributed by atoms with van der Waals surface area (Å²) in [5.74, 6) is -3.48. The molecule has 8 N–H and O–H groups in total. The summed E-state index contributed by atoms with van der Waals surface area (Å²) in [6.45, 7) is 5.58. The summed E-state index contributed by atoms with van der Waals surface area (Å²) in [5, 5.41) is 23.8. The lowest BCUT2D eigenvalue weighted by Crippen LogP contribution is -2.53. The predicted molar refractivity (Wildman–Crippen MR) is 245 cm³/mol. The number of phenols is 1. The van der Waals surface area contributed by atoms with Gasteiger partial charge in [0.15, 0.2) is 17.3 Å². The van der Waals surface area contributed by atoms with Gasteiger partial charge in [0, 0.05) is 69.9 Å². The molecule has 4 aliphatic heterocycles. The van der Waals surface area contributed by atoms with E-state index in [0.717, 1.165) is 18.7 Å². The number of piperazine rings is 1. The number of nitrogens with zero attached hydrogens (tertiary/aromatic N) is 3. The number of phenolic OH excluding ortho intramolecular Hbond substituents is 1. The van der Waals surface area contributed by atoms with E-state index in [2.05, 4.69) is 31.5 Å². The summed E-state index contributed by atoms with van der Waals surface area (Å²) in [7, 11) is 2.02. The van der Waals surface area contributed by atoms with E-state index >= 15 is 4.39 Å². The summed E-state index contributed by atoms with van der Waals surface area (Å²) >= 11 is 0. The van der Waals surface area contributed by atoms with Crippen molar-refractivity contribution < 1.29 is 47.7 Å². The maximum atomic E-state index is 15.8. The Balaban J connectivity index is 0.919. The fraction of sp³-hybridized carbons (Fsp3) is 0.489. The largest absolute Gasteiger partial charge is 0.508 e. The SMILES string of the molecule is CC1COc2c(N3CCN(C)CC3)c(F)cc3c2N1CC(C(=O)NCCCCCC(=O)Nc1ccc2c(c1)C(=O)NCCC(=O)N[C@@H](CCN)C(=O)N[C@H](Cc1ccc(O)cc1)CO2)C3=O. The molecular weight excluding hydrogens is 854 g/mol. The first-order valence-corrected chi connectivity index (χ1v) is 22.7. The fourth-order valence-corrected chi connectivity index (χ4v) is 8.70. The maximum absolute atomic E-state index is 15.8. The molecule has 2 unspecified atom stereocenters. The number of likely N-dealkylation sites (N-methyl/N-ethyl adjacent to an activating group) is 1. The van der Waals surface area contributed by atoms with E-state index in [1.807, 2.05) is 23.8 Å². The van der Waals surface area contributed by atoms with Crippen LogP contribution in [-0.4, -0.2) is 136 Å². The van der Waals surface area contributed by atoms with Crippen molar-refractivity contribution in [3.63, 3.8) is 0 Å². The van der Waals surface area contributed by atoms with Crippen LogP contribution >= 0.6 is 0 Å². The number of nitrogens with two attached hydrogens (primary N) is 1. The molecule has 3 aromatic rings. The highest BCUT2D eigenvalue weighted by Gasteiger charge is 2.44. The molecule has 18 nitrogen and oxygen atoms in total. The van der Waals surface area contributed by atoms with E-state index in [9.17, 15) is 33.9 Å². The Morgan fingerprint density at radius 3 is 2.45 bits per heavy atom. The second kappa shape index (κ2) is 21.7. The molecule has 0 bridgehead atoms. The van der Waals surface area contributed by atoms with E-state index in [1.54, 1.807) is 24.3 Å². The highest BCUT2D eigenvalue weighted by atomic mass is 19.1. The van der Waals surface area contributed by atoms with Gasteiger partial charge in [-0.15, -0.1) is 0 Å². The molecule has 66 heavy (non-hydrogen) atoms. The second-order valence-electron chi connectivity index (χ2n) is 17.4. The van der Waals surface area contributed by atoms with Crippen LogP contribution in [0.15, 0.2) is 48.5 Å². The number of hydrogen-bond acceptors (Lipinski definition) is 13. The average molecular weight is 914 g/mol. The Morgan fingerprint density at radius 1 is 0.924 bits per heavy atom. The summed E-state index contributed by atoms with van der Waals surface area (Å²) in [5.41, 5.74) is 8.07. The number of halogens is 1. The number of nitrogens with one attached hydrogen (secondary N) is 5. The van der Waals surface area contributed by atoms with Gasteiger partial charge in [0.2, 0.25) is 23.6 Å². The van der Waals surface area contributed by atoms with E-state index in [4.69, 9.17) is 15.2 Å². The number of anilines is 3. The van der Waals surface area contributed by atoms with Gasteiger partial charge in [0.1, 0.15) is 42.4 Å². The molecule has 7 rings (SSSR count). The van der Waals surface area contributed by atoms with Gasteiger partial charge in [-0.05, 0) is 88.2 Å². The lowest BCUT2D eigenvalue weighted by molar-refractivity contribution is -0.129. The van der Waals surface area contributed by atoms with Crippen molar-refractivity contribution in [2.75, 3.05) is 87.7 Å². The minimum absolute atomic E-state index is 0.0292. The zero-order valence-electron chi connectivity index (χ0n) is 37.5. The summed E-state index contributed by atoms with van der Waals surface area (Å²) in [6, 6.07) is 10.8. The maximum Gasteiger partial charge on any atom is 0.255 e. The number of rotatable bonds is 13. The van der Waals surface area contributed by atoms with Crippen molar-refractivity contribution in [2.45, 2.75) is 70.0 Å². The van der Waals surface area contributed by atoms with E-state index in [0.29, 0.717) is 68.2 Å². The number of amides is 5. The van der Waals surface area contributed by atoms with Crippen LogP contribution in [0, 0.1) is 11.7 Å². The molecule has 1 fully saturated rings. The number of fused-ring (bicyclic) bond motifs is 1. The summed E-state index contributed by atoms with van der Waals surface area (Å²) in [4.78, 5) is 86.0. The Hall–Kier alpha value is -6.47. The highest BCUT2D eigenvalue weighted by molar-refractivity contribution is 6.16. The number of carbonyl (C=O) groups excluding carboxylic acids is 6. The van der Waals surface area contributed by atoms with E-state index in [-0.39, 0.29) is 86.6 Å². The Bertz CT molecular complexity index is 2290. The lowest BCUT2D eigenvalue weighted by Gasteiger charge is -2.44. The molecule has 4 heterocycles. The Labute approximate surface area is 383 Å². The standard InChI is InChI=1S/C47H60FN9O9/c1-28-26-66-44-41-34(24-36(48)42(44)56-20-18-55(2)19-21-56)43(61)35(25-57(28)41)46(63)50-16-5-3-4-6-39(59)52-30-9-12-38-33(23-30)45(62)51-17-14-40(60)54-37(13-15-49)47(64)53-31(27-65-38)22-29-7-10-32(58)11-8-29/h7-12,23-24,28,31,35,37,58H,3-6,13-22,25-27,49H2,1-2H3,(H,50,63)(H,51,62)(H,52,59)(H,53,64)(H,54,60)/t28?,31-,35?,37+/m1/s1. The number of aromatic hydroxyl groups is 1. The molecule has 3 aromatic carbocycles. The third-order valence-corrected chi connectivity index (χ3v) is 12.4. The van der Waals surface area contributed by atoms with E-state index < -0.39 is 53.2 Å². The first kappa shape index (κ1) is 47.5. The third kappa shape index (κ3) is 11.5. The minimum atomic E-state index is -1.01. The van der Waals surface area contributed by atoms with Crippen LogP contribution in [0.5, 0.6) is 17.2 Å². The number of ether oxygens (including phenoxy) is 2. The monoisotopic (exact) mass is 913 g/mol. The molecule has 19 heteroatoms. The lowest BCUT2D eigenvalue weighted by atomic mass is 9.87. The molecule has 4 aliphatic rings. The number of Topliss-reactive ketones (excluding diaryl/α,β-unsaturated/α-hetero) is 1. The molecule has 0 saturated carbocycles. The third-order valence-electron chi connectivity index (χ3n) is 12.4. The van der Waals surface area contributed by atoms with Gasteiger partial charge in [0.05, 0.1) is 23.3 Å². The van der Waals surface area contributed by atoms with Crippen LogP contribution < -0.4 is 51.6 Å². The highest BCUT2D eigenvalue weighted by Crippen LogP contribution is 2.49. The van der Waals surface area contributed by atoms with Gasteiger partial charge < -0.3 is 61.6 Å². The van der Waals surface area contributed by atoms with Crippen molar-refractivity contribution in [2.24, 2.45) is 11.7 Å². The van der Waals surface area contributed by atoms with Crippen LogP contribution in [0.2, 0.25) is 0 Å². The minimum Gasteiger partial charge on any atom is -0.508 e. The van der Waals surface area contributed by atoms with Crippen molar-refractivity contribution in [3.8, 4) is 17.2 Å². The fourth-order valence-electron chi connectivity index (χ4n) is 8.70.